The number of carbonyl (C=O) groups excluding carboxylic acids is 1. The molecule has 172 valence electrons. The molecule has 2 aliphatic heterocycles. The number of hydrogen-bond acceptors (Lipinski definition) is 5. The van der Waals surface area contributed by atoms with Gasteiger partial charge in [-0.15, -0.1) is 0 Å². The van der Waals surface area contributed by atoms with Crippen molar-refractivity contribution in [1.29, 1.82) is 0 Å². The Morgan fingerprint density at radius 3 is 2.38 bits per heavy atom. The quantitative estimate of drug-likeness (QED) is 0.718. The predicted octanol–water partition coefficient (Wildman–Crippen LogP) is 2.68. The molecule has 0 aromatic heterocycles. The summed E-state index contributed by atoms with van der Waals surface area (Å²) < 4.78 is 40.2. The van der Waals surface area contributed by atoms with Gasteiger partial charge in [0.15, 0.2) is 0 Å². The Hall–Kier alpha value is -2.49. The molecule has 0 unspecified atom stereocenters. The third-order valence-electron chi connectivity index (χ3n) is 6.09. The molecule has 0 saturated carbocycles. The van der Waals surface area contributed by atoms with Crippen molar-refractivity contribution in [3.8, 4) is 0 Å². The van der Waals surface area contributed by atoms with Crippen LogP contribution in [0.2, 0.25) is 0 Å². The van der Waals surface area contributed by atoms with Gasteiger partial charge >= 0.3 is 0 Å². The van der Waals surface area contributed by atoms with E-state index in [4.69, 9.17) is 0 Å². The number of halogens is 1. The van der Waals surface area contributed by atoms with Crippen LogP contribution in [0.3, 0.4) is 0 Å². The Balaban J connectivity index is 1.30. The Morgan fingerprint density at radius 1 is 1.00 bits per heavy atom. The number of aryl methyl sites for hydroxylation is 1. The number of carbonyl (C=O) groups is 1. The summed E-state index contributed by atoms with van der Waals surface area (Å²) >= 11 is 0. The highest BCUT2D eigenvalue weighted by Gasteiger charge is 2.29. The fourth-order valence-electron chi connectivity index (χ4n) is 4.26. The lowest BCUT2D eigenvalue weighted by Gasteiger charge is -2.33. The lowest BCUT2D eigenvalue weighted by Crippen LogP contribution is -2.50. The van der Waals surface area contributed by atoms with Crippen molar-refractivity contribution < 1.29 is 17.6 Å². The number of sulfonamides is 1. The maximum Gasteiger partial charge on any atom is 0.243 e. The molecule has 0 atom stereocenters. The molecule has 0 radical (unpaired) electrons. The van der Waals surface area contributed by atoms with Gasteiger partial charge in [-0.3, -0.25) is 9.69 Å². The molecule has 2 aromatic rings. The molecule has 2 fully saturated rings. The van der Waals surface area contributed by atoms with Gasteiger partial charge in [0, 0.05) is 50.6 Å². The summed E-state index contributed by atoms with van der Waals surface area (Å²) in [5, 5.41) is 2.98. The van der Waals surface area contributed by atoms with Crippen LogP contribution in [0.25, 0.3) is 0 Å². The van der Waals surface area contributed by atoms with Crippen molar-refractivity contribution in [1.82, 2.24) is 9.21 Å². The van der Waals surface area contributed by atoms with Crippen molar-refractivity contribution in [2.24, 2.45) is 0 Å². The van der Waals surface area contributed by atoms with E-state index in [1.54, 1.807) is 0 Å². The lowest BCUT2D eigenvalue weighted by atomic mass is 10.1. The number of hydrogen-bond donors (Lipinski definition) is 1. The maximum atomic E-state index is 13.4. The Bertz CT molecular complexity index is 1080. The highest BCUT2D eigenvalue weighted by molar-refractivity contribution is 7.89. The average molecular weight is 461 g/mol. The van der Waals surface area contributed by atoms with Crippen molar-refractivity contribution >= 4 is 27.3 Å². The van der Waals surface area contributed by atoms with Crippen LogP contribution in [0.4, 0.5) is 15.8 Å². The van der Waals surface area contributed by atoms with Gasteiger partial charge in [0.05, 0.1) is 11.4 Å². The van der Waals surface area contributed by atoms with Gasteiger partial charge in [-0.2, -0.15) is 4.31 Å². The molecule has 2 aliphatic rings. The molecule has 7 nitrogen and oxygen atoms in total. The molecular weight excluding hydrogens is 431 g/mol. The van der Waals surface area contributed by atoms with Gasteiger partial charge in [0.25, 0.3) is 0 Å². The van der Waals surface area contributed by atoms with Crippen LogP contribution in [0.1, 0.15) is 18.4 Å². The Morgan fingerprint density at radius 2 is 1.72 bits per heavy atom. The number of anilines is 2. The number of benzene rings is 2. The maximum absolute atomic E-state index is 13.4. The monoisotopic (exact) mass is 460 g/mol. The van der Waals surface area contributed by atoms with Gasteiger partial charge in [0.2, 0.25) is 15.9 Å². The second kappa shape index (κ2) is 9.56. The van der Waals surface area contributed by atoms with Gasteiger partial charge in [-0.1, -0.05) is 6.07 Å². The molecule has 9 heteroatoms. The zero-order valence-corrected chi connectivity index (χ0v) is 19.1. The summed E-state index contributed by atoms with van der Waals surface area (Å²) in [6.07, 6.45) is 2.43. The molecule has 2 heterocycles. The molecule has 4 rings (SSSR count). The average Bonchev–Trinajstić information content (AvgIpc) is 3.30. The topological polar surface area (TPSA) is 73.0 Å². The molecule has 1 N–H and O–H groups in total. The summed E-state index contributed by atoms with van der Waals surface area (Å²) in [5.74, 6) is -0.700. The van der Waals surface area contributed by atoms with E-state index >= 15 is 0 Å². The highest BCUT2D eigenvalue weighted by atomic mass is 32.2. The second-order valence-corrected chi connectivity index (χ2v) is 10.3. The summed E-state index contributed by atoms with van der Waals surface area (Å²) in [4.78, 5) is 16.8. The molecule has 0 bridgehead atoms. The van der Waals surface area contributed by atoms with Crippen LogP contribution in [-0.2, 0) is 14.8 Å². The number of nitrogens with zero attached hydrogens (tertiary/aromatic N) is 3. The molecule has 0 spiro atoms. The first-order chi connectivity index (χ1) is 15.3. The fourth-order valence-corrected chi connectivity index (χ4v) is 5.71. The summed E-state index contributed by atoms with van der Waals surface area (Å²) in [6.45, 7) is 5.74. The van der Waals surface area contributed by atoms with Crippen LogP contribution >= 0.6 is 0 Å². The fraction of sp³-hybridized carbons (Fsp3) is 0.435. The third-order valence-corrected chi connectivity index (χ3v) is 7.98. The van der Waals surface area contributed by atoms with E-state index in [9.17, 15) is 17.6 Å². The number of amides is 1. The van der Waals surface area contributed by atoms with Gasteiger partial charge in [-0.05, 0) is 61.7 Å². The smallest absolute Gasteiger partial charge is 0.243 e. The number of piperazine rings is 1. The minimum atomic E-state index is -3.74. The highest BCUT2D eigenvalue weighted by Crippen LogP contribution is 2.25. The van der Waals surface area contributed by atoms with Crippen LogP contribution in [0.15, 0.2) is 47.4 Å². The standard InChI is InChI=1S/C23H29FN4O3S/c1-18-15-20(27-9-2-3-10-27)7-8-22(18)25-23(29)17-26-11-13-28(14-12-26)32(30,31)21-6-4-5-19(24)16-21/h4-8,15-16H,2-3,9-14,17H2,1H3,(H,25,29). The van der Waals surface area contributed by atoms with Gasteiger partial charge in [-0.25, -0.2) is 12.8 Å². The van der Waals surface area contributed by atoms with E-state index in [-0.39, 0.29) is 30.4 Å². The van der Waals surface area contributed by atoms with Crippen molar-refractivity contribution in [2.45, 2.75) is 24.7 Å². The molecule has 2 saturated heterocycles. The zero-order chi connectivity index (χ0) is 22.7. The van der Waals surface area contributed by atoms with E-state index < -0.39 is 15.8 Å². The summed E-state index contributed by atoms with van der Waals surface area (Å²) in [7, 11) is -3.74. The van der Waals surface area contributed by atoms with Crippen LogP contribution in [-0.4, -0.2) is 69.3 Å². The van der Waals surface area contributed by atoms with Crippen molar-refractivity contribution in [2.75, 3.05) is 56.0 Å². The van der Waals surface area contributed by atoms with Crippen LogP contribution < -0.4 is 10.2 Å². The van der Waals surface area contributed by atoms with E-state index in [2.05, 4.69) is 16.3 Å². The number of nitrogens with one attached hydrogen (secondary N) is 1. The SMILES string of the molecule is Cc1cc(N2CCCC2)ccc1NC(=O)CN1CCN(S(=O)(=O)c2cccc(F)c2)CC1. The molecule has 2 aromatic carbocycles. The zero-order valence-electron chi connectivity index (χ0n) is 18.3. The lowest BCUT2D eigenvalue weighted by molar-refractivity contribution is -0.117. The minimum Gasteiger partial charge on any atom is -0.372 e. The molecule has 1 amide bonds. The van der Waals surface area contributed by atoms with Crippen LogP contribution in [0, 0.1) is 12.7 Å². The van der Waals surface area contributed by atoms with Gasteiger partial charge in [0.1, 0.15) is 5.82 Å². The predicted molar refractivity (Wildman–Crippen MR) is 123 cm³/mol. The number of rotatable bonds is 6. The first kappa shape index (κ1) is 22.7. The largest absolute Gasteiger partial charge is 0.372 e. The van der Waals surface area contributed by atoms with E-state index in [0.717, 1.165) is 30.4 Å². The first-order valence-corrected chi connectivity index (χ1v) is 12.4. The first-order valence-electron chi connectivity index (χ1n) is 11.0. The Kier molecular flexibility index (Phi) is 6.78. The van der Waals surface area contributed by atoms with E-state index in [0.29, 0.717) is 13.1 Å². The second-order valence-electron chi connectivity index (χ2n) is 8.38. The third kappa shape index (κ3) is 5.11. The Labute approximate surface area is 188 Å². The minimum absolute atomic E-state index is 0.0449. The van der Waals surface area contributed by atoms with E-state index in [1.807, 2.05) is 24.0 Å². The van der Waals surface area contributed by atoms with Crippen molar-refractivity contribution in [3.05, 3.63) is 53.8 Å². The molecule has 0 aliphatic carbocycles. The normalized spacial score (nSPS) is 18.1. The van der Waals surface area contributed by atoms with Crippen LogP contribution in [0.5, 0.6) is 0 Å². The van der Waals surface area contributed by atoms with Gasteiger partial charge < -0.3 is 10.2 Å². The summed E-state index contributed by atoms with van der Waals surface area (Å²) in [5.41, 5.74) is 3.01. The molecule has 32 heavy (non-hydrogen) atoms. The van der Waals surface area contributed by atoms with E-state index in [1.165, 1.54) is 41.0 Å². The summed E-state index contributed by atoms with van der Waals surface area (Å²) in [6, 6.07) is 11.1. The molecular formula is C23H29FN4O3S. The van der Waals surface area contributed by atoms with Crippen molar-refractivity contribution in [3.63, 3.8) is 0 Å².